The molecular weight excluding hydrogens is 254 g/mol. The smallest absolute Gasteiger partial charge is 0.0852 e. The number of nitrogens with two attached hydrogens (primary N) is 1. The van der Waals surface area contributed by atoms with Gasteiger partial charge in [-0.25, -0.2) is 0 Å². The average molecular weight is 277 g/mol. The summed E-state index contributed by atoms with van der Waals surface area (Å²) in [4.78, 5) is 7.32. The summed E-state index contributed by atoms with van der Waals surface area (Å²) in [6.45, 7) is 0.815. The predicted octanol–water partition coefficient (Wildman–Crippen LogP) is 3.00. The molecule has 0 saturated heterocycles. The van der Waals surface area contributed by atoms with E-state index >= 15 is 0 Å². The van der Waals surface area contributed by atoms with Gasteiger partial charge in [0, 0.05) is 19.2 Å². The number of rotatable bonds is 4. The summed E-state index contributed by atoms with van der Waals surface area (Å²) in [5.41, 5.74) is 6.72. The number of pyridine rings is 1. The molecule has 104 valence electrons. The molecule has 0 unspecified atom stereocenters. The van der Waals surface area contributed by atoms with Crippen molar-refractivity contribution in [3.8, 4) is 0 Å². The lowest BCUT2D eigenvalue weighted by Gasteiger charge is -2.32. The predicted molar refractivity (Wildman–Crippen MR) is 84.4 cm³/mol. The van der Waals surface area contributed by atoms with Gasteiger partial charge in [-0.1, -0.05) is 12.2 Å². The lowest BCUT2D eigenvalue weighted by atomic mass is 9.80. The summed E-state index contributed by atoms with van der Waals surface area (Å²) >= 11 is 5.66. The molecule has 0 aliphatic heterocycles. The van der Waals surface area contributed by atoms with E-state index in [4.69, 9.17) is 18.0 Å². The van der Waals surface area contributed by atoms with E-state index in [0.29, 0.717) is 5.92 Å². The van der Waals surface area contributed by atoms with Gasteiger partial charge in [0.1, 0.15) is 0 Å². The molecule has 1 fully saturated rings. The van der Waals surface area contributed by atoms with Crippen LogP contribution in [-0.4, -0.2) is 23.6 Å². The van der Waals surface area contributed by atoms with E-state index in [1.165, 1.54) is 25.7 Å². The maximum absolute atomic E-state index is 5.66. The zero-order valence-electron chi connectivity index (χ0n) is 11.6. The Labute approximate surface area is 121 Å². The quantitative estimate of drug-likeness (QED) is 0.859. The second kappa shape index (κ2) is 6.96. The van der Waals surface area contributed by atoms with Crippen molar-refractivity contribution >= 4 is 22.9 Å². The van der Waals surface area contributed by atoms with Crippen LogP contribution < -0.4 is 10.6 Å². The highest BCUT2D eigenvalue weighted by atomic mass is 32.1. The van der Waals surface area contributed by atoms with Crippen LogP contribution in [0.3, 0.4) is 0 Å². The minimum absolute atomic E-state index is 0.536. The third kappa shape index (κ3) is 3.74. The fourth-order valence-electron chi connectivity index (χ4n) is 2.89. The molecule has 1 saturated carbocycles. The highest BCUT2D eigenvalue weighted by Gasteiger charge is 2.25. The lowest BCUT2D eigenvalue weighted by molar-refractivity contribution is 0.310. The highest BCUT2D eigenvalue weighted by Crippen LogP contribution is 2.32. The molecular formula is C15H23N3S. The fourth-order valence-corrected chi connectivity index (χ4v) is 3.23. The molecule has 0 atom stereocenters. The first-order valence-electron chi connectivity index (χ1n) is 7.10. The van der Waals surface area contributed by atoms with Gasteiger partial charge in [0.25, 0.3) is 0 Å². The van der Waals surface area contributed by atoms with Crippen molar-refractivity contribution in [3.63, 3.8) is 0 Å². The Kier molecular flexibility index (Phi) is 5.28. The first kappa shape index (κ1) is 14.4. The third-order valence-corrected chi connectivity index (χ3v) is 4.74. The van der Waals surface area contributed by atoms with Crippen molar-refractivity contribution in [2.24, 2.45) is 17.6 Å². The van der Waals surface area contributed by atoms with Crippen LogP contribution in [0.5, 0.6) is 0 Å². The Hall–Kier alpha value is -1.00. The van der Waals surface area contributed by atoms with Crippen molar-refractivity contribution in [2.45, 2.75) is 32.1 Å². The minimum Gasteiger partial charge on any atom is -0.338 e. The zero-order valence-corrected chi connectivity index (χ0v) is 12.4. The topological polar surface area (TPSA) is 42.1 Å². The van der Waals surface area contributed by atoms with Crippen molar-refractivity contribution in [1.29, 1.82) is 0 Å². The number of hydrogen-bond donors (Lipinski definition) is 1. The van der Waals surface area contributed by atoms with Gasteiger partial charge in [-0.05, 0) is 56.7 Å². The zero-order chi connectivity index (χ0) is 13.7. The summed E-state index contributed by atoms with van der Waals surface area (Å²) in [5, 5.41) is 0. The Morgan fingerprint density at radius 3 is 2.74 bits per heavy atom. The van der Waals surface area contributed by atoms with Gasteiger partial charge >= 0.3 is 0 Å². The Morgan fingerprint density at radius 1 is 1.42 bits per heavy atom. The fraction of sp³-hybridized carbons (Fsp3) is 0.600. The molecule has 2 N–H and O–H groups in total. The molecule has 1 heterocycles. The Morgan fingerprint density at radius 2 is 2.16 bits per heavy atom. The number of hydrogen-bond acceptors (Lipinski definition) is 3. The average Bonchev–Trinajstić information content (AvgIpc) is 2.48. The molecule has 1 aliphatic carbocycles. The number of anilines is 1. The van der Waals surface area contributed by atoms with E-state index in [2.05, 4.69) is 16.0 Å². The molecule has 0 radical (unpaired) electrons. The van der Waals surface area contributed by atoms with Gasteiger partial charge in [0.2, 0.25) is 0 Å². The largest absolute Gasteiger partial charge is 0.338 e. The number of nitrogens with zero attached hydrogens (tertiary/aromatic N) is 2. The normalized spacial score (nSPS) is 23.1. The molecule has 0 aromatic carbocycles. The summed E-state index contributed by atoms with van der Waals surface area (Å²) in [6, 6.07) is 4.01. The molecule has 3 nitrogen and oxygen atoms in total. The van der Waals surface area contributed by atoms with Crippen LogP contribution in [0, 0.1) is 11.8 Å². The number of aromatic nitrogens is 1. The maximum Gasteiger partial charge on any atom is 0.0852 e. The minimum atomic E-state index is 0.536. The summed E-state index contributed by atoms with van der Waals surface area (Å²) < 4.78 is 0. The summed E-state index contributed by atoms with van der Waals surface area (Å²) in [5.74, 6) is 1.35. The van der Waals surface area contributed by atoms with Crippen molar-refractivity contribution in [2.75, 3.05) is 18.5 Å². The van der Waals surface area contributed by atoms with Crippen molar-refractivity contribution in [3.05, 3.63) is 24.5 Å². The number of thiocarbonyl (C=S) groups is 1. The standard InChI is InChI=1S/C15H23N3S/c1-18(14-3-2-10-17-11-14)15(19)13-6-4-12(5-7-13)8-9-16/h2-3,10-13H,4-9,16H2,1H3. The molecule has 4 heteroatoms. The Balaban J connectivity index is 1.91. The molecule has 1 aliphatic rings. The lowest BCUT2D eigenvalue weighted by Crippen LogP contribution is -2.33. The maximum atomic E-state index is 5.66. The van der Waals surface area contributed by atoms with E-state index in [-0.39, 0.29) is 0 Å². The Bertz CT molecular complexity index is 399. The molecule has 0 bridgehead atoms. The van der Waals surface area contributed by atoms with Gasteiger partial charge in [0.15, 0.2) is 0 Å². The monoisotopic (exact) mass is 277 g/mol. The van der Waals surface area contributed by atoms with Crippen LogP contribution in [0.2, 0.25) is 0 Å². The third-order valence-electron chi connectivity index (χ3n) is 4.13. The first-order chi connectivity index (χ1) is 9.22. The van der Waals surface area contributed by atoms with Crippen molar-refractivity contribution < 1.29 is 0 Å². The van der Waals surface area contributed by atoms with Gasteiger partial charge < -0.3 is 10.6 Å². The molecule has 1 aromatic heterocycles. The van der Waals surface area contributed by atoms with Crippen LogP contribution in [-0.2, 0) is 0 Å². The molecule has 19 heavy (non-hydrogen) atoms. The second-order valence-electron chi connectivity index (χ2n) is 5.40. The van der Waals surface area contributed by atoms with Crippen LogP contribution in [0.15, 0.2) is 24.5 Å². The summed E-state index contributed by atoms with van der Waals surface area (Å²) in [6.07, 6.45) is 9.76. The van der Waals surface area contributed by atoms with Crippen LogP contribution in [0.4, 0.5) is 5.69 Å². The molecule has 0 spiro atoms. The van der Waals surface area contributed by atoms with Crippen LogP contribution in [0.1, 0.15) is 32.1 Å². The molecule has 1 aromatic rings. The van der Waals surface area contributed by atoms with Gasteiger partial charge in [-0.3, -0.25) is 4.98 Å². The molecule has 2 rings (SSSR count). The van der Waals surface area contributed by atoms with Gasteiger partial charge in [-0.2, -0.15) is 0 Å². The van der Waals surface area contributed by atoms with Crippen LogP contribution in [0.25, 0.3) is 0 Å². The van der Waals surface area contributed by atoms with Gasteiger partial charge in [-0.15, -0.1) is 0 Å². The van der Waals surface area contributed by atoms with E-state index < -0.39 is 0 Å². The van der Waals surface area contributed by atoms with E-state index in [1.807, 2.05) is 19.3 Å². The molecule has 0 amide bonds. The van der Waals surface area contributed by atoms with Crippen molar-refractivity contribution in [1.82, 2.24) is 4.98 Å². The summed E-state index contributed by atoms with van der Waals surface area (Å²) in [7, 11) is 2.05. The first-order valence-corrected chi connectivity index (χ1v) is 7.51. The van der Waals surface area contributed by atoms with E-state index in [9.17, 15) is 0 Å². The highest BCUT2D eigenvalue weighted by molar-refractivity contribution is 7.80. The van der Waals surface area contributed by atoms with Gasteiger partial charge in [0.05, 0.1) is 16.9 Å². The van der Waals surface area contributed by atoms with Crippen LogP contribution >= 0.6 is 12.2 Å². The SMILES string of the molecule is CN(C(=S)C1CCC(CCN)CC1)c1cccnc1. The van der Waals surface area contributed by atoms with E-state index in [1.54, 1.807) is 6.20 Å². The second-order valence-corrected chi connectivity index (χ2v) is 5.82. The van der Waals surface area contributed by atoms with E-state index in [0.717, 1.165) is 29.6 Å².